The number of thioether (sulfide) groups is 1. The minimum Gasteiger partial charge on any atom is -0.497 e. The Labute approximate surface area is 185 Å². The SMILES string of the molecule is CCNC(=O)C1CC(=O)N(CCc2ccc(OC)cc2)C(=Nc2ccc(Cl)cc2)S1. The van der Waals surface area contributed by atoms with E-state index in [1.54, 1.807) is 36.3 Å². The lowest BCUT2D eigenvalue weighted by atomic mass is 10.1. The molecule has 0 bridgehead atoms. The van der Waals surface area contributed by atoms with Gasteiger partial charge in [0.2, 0.25) is 11.8 Å². The van der Waals surface area contributed by atoms with Crippen LogP contribution in [-0.2, 0) is 16.0 Å². The standard InChI is InChI=1S/C22H24ClN3O3S/c1-3-24-21(28)19-14-20(27)26(13-12-15-4-10-18(29-2)11-5-15)22(30-19)25-17-8-6-16(23)7-9-17/h4-11,19H,3,12-14H2,1-2H3,(H,24,28). The number of aliphatic imine (C=N–C) groups is 1. The van der Waals surface area contributed by atoms with E-state index in [4.69, 9.17) is 16.3 Å². The van der Waals surface area contributed by atoms with Crippen LogP contribution in [0.4, 0.5) is 5.69 Å². The van der Waals surface area contributed by atoms with E-state index in [0.717, 1.165) is 11.3 Å². The molecule has 30 heavy (non-hydrogen) atoms. The van der Waals surface area contributed by atoms with E-state index in [2.05, 4.69) is 10.3 Å². The predicted molar refractivity (Wildman–Crippen MR) is 122 cm³/mol. The molecule has 2 amide bonds. The van der Waals surface area contributed by atoms with Gasteiger partial charge in [-0.05, 0) is 55.3 Å². The first-order chi connectivity index (χ1) is 14.5. The van der Waals surface area contributed by atoms with Crippen molar-refractivity contribution in [2.75, 3.05) is 20.2 Å². The maximum absolute atomic E-state index is 12.9. The highest BCUT2D eigenvalue weighted by atomic mass is 35.5. The van der Waals surface area contributed by atoms with Crippen molar-refractivity contribution >= 4 is 46.0 Å². The van der Waals surface area contributed by atoms with Crippen LogP contribution in [0.25, 0.3) is 0 Å². The van der Waals surface area contributed by atoms with E-state index in [1.165, 1.54) is 11.8 Å². The normalized spacial score (nSPS) is 17.8. The fraction of sp³-hybridized carbons (Fsp3) is 0.318. The van der Waals surface area contributed by atoms with Gasteiger partial charge in [-0.2, -0.15) is 0 Å². The number of halogens is 1. The Morgan fingerprint density at radius 3 is 2.57 bits per heavy atom. The molecular formula is C22H24ClN3O3S. The van der Waals surface area contributed by atoms with Gasteiger partial charge in [0.25, 0.3) is 0 Å². The summed E-state index contributed by atoms with van der Waals surface area (Å²) in [4.78, 5) is 31.6. The fourth-order valence-corrected chi connectivity index (χ4v) is 4.28. The van der Waals surface area contributed by atoms with Gasteiger partial charge in [-0.3, -0.25) is 14.5 Å². The van der Waals surface area contributed by atoms with Crippen LogP contribution in [0.3, 0.4) is 0 Å². The molecule has 6 nitrogen and oxygen atoms in total. The number of amides is 2. The zero-order chi connectivity index (χ0) is 21.5. The van der Waals surface area contributed by atoms with Crippen LogP contribution in [0.2, 0.25) is 5.02 Å². The zero-order valence-electron chi connectivity index (χ0n) is 16.9. The molecule has 1 N–H and O–H groups in total. The molecule has 8 heteroatoms. The van der Waals surface area contributed by atoms with Crippen molar-refractivity contribution in [2.45, 2.75) is 25.0 Å². The van der Waals surface area contributed by atoms with Crippen molar-refractivity contribution in [3.05, 3.63) is 59.1 Å². The summed E-state index contributed by atoms with van der Waals surface area (Å²) in [7, 11) is 1.63. The van der Waals surface area contributed by atoms with E-state index >= 15 is 0 Å². The van der Waals surface area contributed by atoms with Gasteiger partial charge in [-0.25, -0.2) is 4.99 Å². The Morgan fingerprint density at radius 1 is 1.23 bits per heavy atom. The van der Waals surface area contributed by atoms with Crippen molar-refractivity contribution in [1.82, 2.24) is 10.2 Å². The molecule has 158 valence electrons. The molecule has 1 saturated heterocycles. The first-order valence-corrected chi connectivity index (χ1v) is 11.0. The van der Waals surface area contributed by atoms with E-state index in [9.17, 15) is 9.59 Å². The number of carbonyl (C=O) groups excluding carboxylic acids is 2. The molecule has 0 saturated carbocycles. The molecule has 0 radical (unpaired) electrons. The maximum atomic E-state index is 12.9. The third-order valence-corrected chi connectivity index (χ3v) is 6.06. The summed E-state index contributed by atoms with van der Waals surface area (Å²) >= 11 is 7.29. The Balaban J connectivity index is 1.81. The molecule has 2 aromatic carbocycles. The monoisotopic (exact) mass is 445 g/mol. The quantitative estimate of drug-likeness (QED) is 0.697. The maximum Gasteiger partial charge on any atom is 0.234 e. The third-order valence-electron chi connectivity index (χ3n) is 4.62. The lowest BCUT2D eigenvalue weighted by molar-refractivity contribution is -0.130. The molecule has 2 aromatic rings. The molecule has 1 aliphatic rings. The summed E-state index contributed by atoms with van der Waals surface area (Å²) in [6.45, 7) is 2.86. The Kier molecular flexibility index (Phi) is 7.76. The number of amidine groups is 1. The highest BCUT2D eigenvalue weighted by molar-refractivity contribution is 8.15. The second-order valence-electron chi connectivity index (χ2n) is 6.72. The highest BCUT2D eigenvalue weighted by Gasteiger charge is 2.35. The summed E-state index contributed by atoms with van der Waals surface area (Å²) in [5.74, 6) is 0.541. The van der Waals surface area contributed by atoms with E-state index < -0.39 is 5.25 Å². The van der Waals surface area contributed by atoms with Crippen LogP contribution < -0.4 is 10.1 Å². The van der Waals surface area contributed by atoms with Crippen LogP contribution in [0, 0.1) is 0 Å². The molecule has 3 rings (SSSR count). The van der Waals surface area contributed by atoms with Crippen LogP contribution >= 0.6 is 23.4 Å². The van der Waals surface area contributed by atoms with Crippen molar-refractivity contribution in [3.63, 3.8) is 0 Å². The number of methoxy groups -OCH3 is 1. The summed E-state index contributed by atoms with van der Waals surface area (Å²) in [6.07, 6.45) is 0.820. The van der Waals surface area contributed by atoms with Crippen molar-refractivity contribution < 1.29 is 14.3 Å². The second kappa shape index (κ2) is 10.5. The van der Waals surface area contributed by atoms with Crippen molar-refractivity contribution in [3.8, 4) is 5.75 Å². The van der Waals surface area contributed by atoms with E-state index in [0.29, 0.717) is 35.4 Å². The highest BCUT2D eigenvalue weighted by Crippen LogP contribution is 2.30. The Hall–Kier alpha value is -2.51. The lowest BCUT2D eigenvalue weighted by Gasteiger charge is -2.31. The largest absolute Gasteiger partial charge is 0.497 e. The summed E-state index contributed by atoms with van der Waals surface area (Å²) in [5.41, 5.74) is 1.77. The van der Waals surface area contributed by atoms with Gasteiger partial charge < -0.3 is 10.1 Å². The minimum absolute atomic E-state index is 0.105. The number of benzene rings is 2. The van der Waals surface area contributed by atoms with Gasteiger partial charge in [-0.1, -0.05) is 35.5 Å². The molecule has 1 aliphatic heterocycles. The molecule has 0 aliphatic carbocycles. The molecule has 1 atom stereocenters. The number of rotatable bonds is 7. The number of ether oxygens (including phenoxy) is 1. The van der Waals surface area contributed by atoms with Gasteiger partial charge in [-0.15, -0.1) is 0 Å². The lowest BCUT2D eigenvalue weighted by Crippen LogP contribution is -2.47. The minimum atomic E-state index is -0.485. The van der Waals surface area contributed by atoms with E-state index in [-0.39, 0.29) is 18.2 Å². The Morgan fingerprint density at radius 2 is 1.93 bits per heavy atom. The summed E-state index contributed by atoms with van der Waals surface area (Å²) in [6, 6.07) is 14.8. The van der Waals surface area contributed by atoms with Crippen molar-refractivity contribution in [1.29, 1.82) is 0 Å². The summed E-state index contributed by atoms with van der Waals surface area (Å²) < 4.78 is 5.19. The molecule has 0 spiro atoms. The first kappa shape index (κ1) is 22.2. The van der Waals surface area contributed by atoms with Gasteiger partial charge in [0.15, 0.2) is 5.17 Å². The van der Waals surface area contributed by atoms with Crippen LogP contribution in [0.1, 0.15) is 18.9 Å². The summed E-state index contributed by atoms with van der Waals surface area (Å²) in [5, 5.41) is 3.45. The van der Waals surface area contributed by atoms with Crippen LogP contribution in [0.5, 0.6) is 5.75 Å². The number of nitrogens with zero attached hydrogens (tertiary/aromatic N) is 2. The molecular weight excluding hydrogens is 422 g/mol. The molecule has 1 unspecified atom stereocenters. The van der Waals surface area contributed by atoms with Gasteiger partial charge in [0.1, 0.15) is 5.75 Å². The molecule has 1 fully saturated rings. The Bertz CT molecular complexity index is 916. The number of hydrogen-bond donors (Lipinski definition) is 1. The molecule has 1 heterocycles. The third kappa shape index (κ3) is 5.77. The van der Waals surface area contributed by atoms with Gasteiger partial charge in [0, 0.05) is 24.5 Å². The second-order valence-corrected chi connectivity index (χ2v) is 8.33. The topological polar surface area (TPSA) is 71.0 Å². The number of carbonyl (C=O) groups is 2. The average Bonchev–Trinajstić information content (AvgIpc) is 2.75. The zero-order valence-corrected chi connectivity index (χ0v) is 18.5. The number of nitrogens with one attached hydrogen (secondary N) is 1. The predicted octanol–water partition coefficient (Wildman–Crippen LogP) is 4.05. The van der Waals surface area contributed by atoms with Gasteiger partial charge in [0.05, 0.1) is 18.0 Å². The fourth-order valence-electron chi connectivity index (χ4n) is 3.01. The molecule has 0 aromatic heterocycles. The van der Waals surface area contributed by atoms with Crippen LogP contribution in [0.15, 0.2) is 53.5 Å². The first-order valence-electron chi connectivity index (χ1n) is 9.72. The number of hydrogen-bond acceptors (Lipinski definition) is 5. The van der Waals surface area contributed by atoms with Gasteiger partial charge >= 0.3 is 0 Å². The van der Waals surface area contributed by atoms with Crippen molar-refractivity contribution in [2.24, 2.45) is 4.99 Å². The average molecular weight is 446 g/mol. The smallest absolute Gasteiger partial charge is 0.234 e. The van der Waals surface area contributed by atoms with Crippen LogP contribution in [-0.4, -0.2) is 47.3 Å². The van der Waals surface area contributed by atoms with E-state index in [1.807, 2.05) is 31.2 Å².